The number of rotatable bonds is 4. The van der Waals surface area contributed by atoms with E-state index in [9.17, 15) is 13.2 Å². The number of pyridine rings is 1. The minimum Gasteiger partial charge on any atom is -0.371 e. The van der Waals surface area contributed by atoms with E-state index in [-0.39, 0.29) is 11.8 Å². The van der Waals surface area contributed by atoms with Crippen molar-refractivity contribution in [1.82, 2.24) is 14.2 Å². The molecule has 0 saturated carbocycles. The van der Waals surface area contributed by atoms with Gasteiger partial charge in [-0.05, 0) is 60.0 Å². The summed E-state index contributed by atoms with van der Waals surface area (Å²) >= 11 is 3.45. The van der Waals surface area contributed by atoms with Gasteiger partial charge in [-0.15, -0.1) is 0 Å². The van der Waals surface area contributed by atoms with Gasteiger partial charge >= 0.3 is 0 Å². The molecule has 0 radical (unpaired) electrons. The number of hydrogen-bond donors (Lipinski definition) is 0. The molecule has 34 heavy (non-hydrogen) atoms. The first-order valence-electron chi connectivity index (χ1n) is 11.5. The first kappa shape index (κ1) is 23.3. The van der Waals surface area contributed by atoms with Crippen LogP contribution >= 0.6 is 15.9 Å². The van der Waals surface area contributed by atoms with Gasteiger partial charge < -0.3 is 9.80 Å². The van der Waals surface area contributed by atoms with Crippen LogP contribution in [-0.2, 0) is 14.8 Å². The molecule has 2 aliphatic rings. The zero-order valence-corrected chi connectivity index (χ0v) is 21.2. The van der Waals surface area contributed by atoms with Gasteiger partial charge in [0, 0.05) is 67.7 Å². The molecule has 2 saturated heterocycles. The molecule has 0 atom stereocenters. The Bertz CT molecular complexity index is 1290. The Balaban J connectivity index is 1.19. The average molecular weight is 543 g/mol. The van der Waals surface area contributed by atoms with Gasteiger partial charge in [0.2, 0.25) is 15.9 Å². The van der Waals surface area contributed by atoms with Gasteiger partial charge in [-0.2, -0.15) is 4.31 Å². The molecule has 178 valence electrons. The van der Waals surface area contributed by atoms with E-state index in [1.54, 1.807) is 24.5 Å². The fraction of sp³-hybridized carbons (Fsp3) is 0.360. The molecular formula is C25H27BrN4O3S. The molecule has 3 aromatic rings. The van der Waals surface area contributed by atoms with Crippen molar-refractivity contribution >= 4 is 48.3 Å². The number of carbonyl (C=O) groups excluding carboxylic acids is 1. The molecule has 1 aromatic heterocycles. The maximum absolute atomic E-state index is 13.3. The van der Waals surface area contributed by atoms with Crippen LogP contribution in [0.25, 0.3) is 10.8 Å². The molecule has 7 nitrogen and oxygen atoms in total. The fourth-order valence-electron chi connectivity index (χ4n) is 4.85. The van der Waals surface area contributed by atoms with Gasteiger partial charge in [0.25, 0.3) is 0 Å². The van der Waals surface area contributed by atoms with Gasteiger partial charge in [-0.25, -0.2) is 8.42 Å². The Hall–Kier alpha value is -2.49. The summed E-state index contributed by atoms with van der Waals surface area (Å²) in [4.78, 5) is 21.6. The lowest BCUT2D eigenvalue weighted by Crippen LogP contribution is -2.52. The van der Waals surface area contributed by atoms with E-state index in [4.69, 9.17) is 0 Å². The average Bonchev–Trinajstić information content (AvgIpc) is 2.88. The minimum absolute atomic E-state index is 0.000978. The molecule has 0 N–H and O–H groups in total. The predicted octanol–water partition coefficient (Wildman–Crippen LogP) is 3.75. The largest absolute Gasteiger partial charge is 0.371 e. The highest BCUT2D eigenvalue weighted by Gasteiger charge is 2.34. The van der Waals surface area contributed by atoms with Crippen molar-refractivity contribution in [3.05, 3.63) is 65.4 Å². The monoisotopic (exact) mass is 542 g/mol. The second-order valence-corrected chi connectivity index (χ2v) is 11.7. The van der Waals surface area contributed by atoms with Crippen molar-refractivity contribution in [2.45, 2.75) is 17.7 Å². The van der Waals surface area contributed by atoms with Crippen LogP contribution in [0.3, 0.4) is 0 Å². The van der Waals surface area contributed by atoms with Crippen molar-refractivity contribution in [2.75, 3.05) is 44.2 Å². The number of fused-ring (bicyclic) bond motifs is 1. The highest BCUT2D eigenvalue weighted by molar-refractivity contribution is 9.10. The third kappa shape index (κ3) is 4.69. The molecule has 2 fully saturated rings. The number of amides is 1. The van der Waals surface area contributed by atoms with Crippen molar-refractivity contribution in [2.24, 2.45) is 5.92 Å². The summed E-state index contributed by atoms with van der Waals surface area (Å²) in [5, 5.41) is 1.87. The van der Waals surface area contributed by atoms with Gasteiger partial charge in [-0.1, -0.05) is 28.1 Å². The standard InChI is InChI=1S/C25H27BrN4O3S/c26-22-3-1-21-18-24(4-2-20(21)17-22)34(32,33)30-15-13-29(14-16-30)25(31)19-7-11-28(12-8-19)23-5-9-27-10-6-23/h1-6,9-10,17-19H,7-8,11-16H2. The number of anilines is 1. The molecule has 1 amide bonds. The van der Waals surface area contributed by atoms with Crippen molar-refractivity contribution in [3.8, 4) is 0 Å². The number of nitrogens with zero attached hydrogens (tertiary/aromatic N) is 4. The van der Waals surface area contributed by atoms with Gasteiger partial charge in [0.05, 0.1) is 4.90 Å². The number of carbonyl (C=O) groups is 1. The quantitative estimate of drug-likeness (QED) is 0.502. The Labute approximate surface area is 208 Å². The van der Waals surface area contributed by atoms with Gasteiger partial charge in [0.15, 0.2) is 0 Å². The smallest absolute Gasteiger partial charge is 0.243 e. The van der Waals surface area contributed by atoms with E-state index in [0.29, 0.717) is 31.1 Å². The zero-order valence-electron chi connectivity index (χ0n) is 18.8. The van der Waals surface area contributed by atoms with Crippen molar-refractivity contribution in [1.29, 1.82) is 0 Å². The first-order valence-corrected chi connectivity index (χ1v) is 13.8. The second-order valence-electron chi connectivity index (χ2n) is 8.85. The maximum atomic E-state index is 13.3. The van der Waals surface area contributed by atoms with Crippen LogP contribution in [0.2, 0.25) is 0 Å². The summed E-state index contributed by atoms with van der Waals surface area (Å²) in [7, 11) is -3.60. The lowest BCUT2D eigenvalue weighted by atomic mass is 9.94. The summed E-state index contributed by atoms with van der Waals surface area (Å²) in [6.45, 7) is 3.19. The lowest BCUT2D eigenvalue weighted by molar-refractivity contribution is -0.137. The van der Waals surface area contributed by atoms with Crippen LogP contribution in [0, 0.1) is 5.92 Å². The number of piperidine rings is 1. The number of sulfonamides is 1. The van der Waals surface area contributed by atoms with Crippen molar-refractivity contribution in [3.63, 3.8) is 0 Å². The van der Waals surface area contributed by atoms with Crippen molar-refractivity contribution < 1.29 is 13.2 Å². The SMILES string of the molecule is O=C(C1CCN(c2ccncc2)CC1)N1CCN(S(=O)(=O)c2ccc3cc(Br)ccc3c2)CC1. The molecule has 0 aliphatic carbocycles. The number of benzene rings is 2. The minimum atomic E-state index is -3.60. The summed E-state index contributed by atoms with van der Waals surface area (Å²) < 4.78 is 29.0. The van der Waals surface area contributed by atoms with Gasteiger partial charge in [-0.3, -0.25) is 9.78 Å². The topological polar surface area (TPSA) is 73.8 Å². The number of aromatic nitrogens is 1. The van der Waals surface area contributed by atoms with E-state index in [2.05, 4.69) is 25.8 Å². The Kier molecular flexibility index (Phi) is 6.59. The Morgan fingerprint density at radius 2 is 1.50 bits per heavy atom. The van der Waals surface area contributed by atoms with Crippen LogP contribution in [0.15, 0.2) is 70.3 Å². The summed E-state index contributed by atoms with van der Waals surface area (Å²) in [5.74, 6) is 0.156. The lowest BCUT2D eigenvalue weighted by Gasteiger charge is -2.38. The molecular weight excluding hydrogens is 516 g/mol. The summed E-state index contributed by atoms with van der Waals surface area (Å²) in [6.07, 6.45) is 5.20. The van der Waals surface area contributed by atoms with Crippen LogP contribution < -0.4 is 4.90 Å². The number of hydrogen-bond acceptors (Lipinski definition) is 5. The molecule has 0 spiro atoms. The third-order valence-electron chi connectivity index (χ3n) is 6.83. The molecule has 2 aliphatic heterocycles. The number of piperazine rings is 1. The molecule has 2 aromatic carbocycles. The van der Waals surface area contributed by atoms with Gasteiger partial charge in [0.1, 0.15) is 0 Å². The third-order valence-corrected chi connectivity index (χ3v) is 9.22. The van der Waals surface area contributed by atoms with E-state index >= 15 is 0 Å². The summed E-state index contributed by atoms with van der Waals surface area (Å²) in [5.41, 5.74) is 1.14. The summed E-state index contributed by atoms with van der Waals surface area (Å²) in [6, 6.07) is 15.0. The van der Waals surface area contributed by atoms with Crippen LogP contribution in [0.1, 0.15) is 12.8 Å². The van der Waals surface area contributed by atoms with E-state index < -0.39 is 10.0 Å². The van der Waals surface area contributed by atoms with Crippen LogP contribution in [0.5, 0.6) is 0 Å². The highest BCUT2D eigenvalue weighted by atomic mass is 79.9. The molecule has 5 rings (SSSR count). The van der Waals surface area contributed by atoms with E-state index in [1.165, 1.54) is 4.31 Å². The van der Waals surface area contributed by atoms with Crippen LogP contribution in [0.4, 0.5) is 5.69 Å². The molecule has 0 unspecified atom stereocenters. The van der Waals surface area contributed by atoms with E-state index in [1.807, 2.05) is 41.3 Å². The normalized spacial score (nSPS) is 18.4. The van der Waals surface area contributed by atoms with E-state index in [0.717, 1.165) is 46.9 Å². The molecule has 0 bridgehead atoms. The number of halogens is 1. The Morgan fingerprint density at radius 1 is 0.853 bits per heavy atom. The fourth-order valence-corrected chi connectivity index (χ4v) is 6.69. The zero-order chi connectivity index (χ0) is 23.7. The highest BCUT2D eigenvalue weighted by Crippen LogP contribution is 2.27. The van der Waals surface area contributed by atoms with Crippen LogP contribution in [-0.4, -0.2) is 67.8 Å². The molecule has 3 heterocycles. The molecule has 9 heteroatoms. The first-order chi connectivity index (χ1) is 16.4. The second kappa shape index (κ2) is 9.64. The Morgan fingerprint density at radius 3 is 2.21 bits per heavy atom. The predicted molar refractivity (Wildman–Crippen MR) is 136 cm³/mol. The maximum Gasteiger partial charge on any atom is 0.243 e.